The summed E-state index contributed by atoms with van der Waals surface area (Å²) in [5, 5.41) is 18.9. The van der Waals surface area contributed by atoms with E-state index in [-0.39, 0.29) is 12.3 Å². The average molecular weight is 277 g/mol. The highest BCUT2D eigenvalue weighted by atomic mass is 16.5. The van der Waals surface area contributed by atoms with Gasteiger partial charge in [0.2, 0.25) is 0 Å². The molecule has 2 rings (SSSR count). The molecule has 20 heavy (non-hydrogen) atoms. The molecule has 0 aliphatic rings. The van der Waals surface area contributed by atoms with Crippen LogP contribution in [0.2, 0.25) is 0 Å². The summed E-state index contributed by atoms with van der Waals surface area (Å²) in [6.07, 6.45) is 0. The lowest BCUT2D eigenvalue weighted by Crippen LogP contribution is -2.55. The lowest BCUT2D eigenvalue weighted by molar-refractivity contribution is -0.145. The minimum Gasteiger partial charge on any atom is -0.479 e. The summed E-state index contributed by atoms with van der Waals surface area (Å²) in [5.74, 6) is -1.74. The van der Waals surface area contributed by atoms with Crippen LogP contribution in [0.1, 0.15) is 17.4 Å². The number of hydrogen-bond acceptors (Lipinski definition) is 4. The van der Waals surface area contributed by atoms with Crippen LogP contribution in [0.25, 0.3) is 10.9 Å². The van der Waals surface area contributed by atoms with Crippen LogP contribution >= 0.6 is 0 Å². The van der Waals surface area contributed by atoms with Crippen LogP contribution in [0, 0.1) is 0 Å². The van der Waals surface area contributed by atoms with Crippen molar-refractivity contribution in [2.45, 2.75) is 12.5 Å². The molecule has 1 aromatic carbocycles. The van der Waals surface area contributed by atoms with Crippen molar-refractivity contribution in [2.24, 2.45) is 0 Å². The average Bonchev–Trinajstić information content (AvgIpc) is 2.82. The Balaban J connectivity index is 2.29. The minimum atomic E-state index is -1.51. The summed E-state index contributed by atoms with van der Waals surface area (Å²) in [4.78, 5) is 23.5. The number of hydrogen-bond donors (Lipinski definition) is 3. The van der Waals surface area contributed by atoms with Gasteiger partial charge >= 0.3 is 5.97 Å². The zero-order valence-electron chi connectivity index (χ0n) is 11.1. The van der Waals surface area contributed by atoms with Gasteiger partial charge < -0.3 is 15.2 Å². The molecule has 1 atom stereocenters. The van der Waals surface area contributed by atoms with Crippen molar-refractivity contribution in [3.8, 4) is 0 Å². The summed E-state index contributed by atoms with van der Waals surface area (Å²) in [7, 11) is 1.37. The molecule has 7 heteroatoms. The molecule has 0 aliphatic heterocycles. The van der Waals surface area contributed by atoms with Crippen LogP contribution in [-0.4, -0.2) is 46.4 Å². The van der Waals surface area contributed by atoms with Crippen molar-refractivity contribution < 1.29 is 19.4 Å². The van der Waals surface area contributed by atoms with E-state index in [0.717, 1.165) is 0 Å². The summed E-state index contributed by atoms with van der Waals surface area (Å²) in [6.45, 7) is 1.24. The molecule has 1 heterocycles. The van der Waals surface area contributed by atoms with Crippen LogP contribution in [0.15, 0.2) is 24.3 Å². The van der Waals surface area contributed by atoms with Gasteiger partial charge in [0.05, 0.1) is 12.1 Å². The molecule has 0 bridgehead atoms. The van der Waals surface area contributed by atoms with Crippen molar-refractivity contribution in [2.75, 3.05) is 13.7 Å². The molecule has 3 N–H and O–H groups in total. The lowest BCUT2D eigenvalue weighted by Gasteiger charge is -2.24. The molecule has 0 radical (unpaired) electrons. The number of nitrogens with one attached hydrogen (secondary N) is 2. The fourth-order valence-corrected chi connectivity index (χ4v) is 1.89. The number of carboxylic acid groups (broad SMARTS) is 1. The molecule has 1 amide bonds. The standard InChI is InChI=1S/C13H15N3O4/c1-13(7-20-2,12(18)19)14-11(17)10-8-5-3-4-6-9(8)15-16-10/h3-6H,7H2,1-2H3,(H,14,17)(H,15,16)(H,18,19). The molecule has 0 spiro atoms. The third-order valence-corrected chi connectivity index (χ3v) is 2.98. The first-order valence-corrected chi connectivity index (χ1v) is 5.96. The predicted octanol–water partition coefficient (Wildman–Crippen LogP) is 0.782. The SMILES string of the molecule is COCC(C)(NC(=O)c1n[nH]c2ccccc12)C(=O)O. The highest BCUT2D eigenvalue weighted by Crippen LogP contribution is 2.16. The summed E-state index contributed by atoms with van der Waals surface area (Å²) in [6, 6.07) is 7.11. The predicted molar refractivity (Wildman–Crippen MR) is 71.5 cm³/mol. The van der Waals surface area contributed by atoms with Gasteiger partial charge in [-0.2, -0.15) is 5.10 Å². The maximum Gasteiger partial charge on any atom is 0.331 e. The van der Waals surface area contributed by atoms with Gasteiger partial charge in [-0.15, -0.1) is 0 Å². The van der Waals surface area contributed by atoms with Crippen molar-refractivity contribution >= 4 is 22.8 Å². The largest absolute Gasteiger partial charge is 0.479 e. The lowest BCUT2D eigenvalue weighted by atomic mass is 10.0. The Kier molecular flexibility index (Phi) is 3.71. The van der Waals surface area contributed by atoms with E-state index in [1.165, 1.54) is 14.0 Å². The number of amides is 1. The number of ether oxygens (including phenoxy) is 1. The number of carbonyl (C=O) groups is 2. The molecule has 0 fully saturated rings. The molecule has 0 aliphatic carbocycles. The van der Waals surface area contributed by atoms with Crippen LogP contribution in [0.5, 0.6) is 0 Å². The Hall–Kier alpha value is -2.41. The third-order valence-electron chi connectivity index (χ3n) is 2.98. The van der Waals surface area contributed by atoms with Gasteiger partial charge in [-0.25, -0.2) is 4.79 Å². The number of carbonyl (C=O) groups excluding carboxylic acids is 1. The first-order chi connectivity index (χ1) is 9.48. The van der Waals surface area contributed by atoms with Crippen molar-refractivity contribution in [1.82, 2.24) is 15.5 Å². The second-order valence-corrected chi connectivity index (χ2v) is 4.64. The Labute approximate surface area is 114 Å². The van der Waals surface area contributed by atoms with Gasteiger partial charge in [-0.1, -0.05) is 18.2 Å². The van der Waals surface area contributed by atoms with Crippen LogP contribution in [-0.2, 0) is 9.53 Å². The van der Waals surface area contributed by atoms with E-state index in [9.17, 15) is 14.7 Å². The summed E-state index contributed by atoms with van der Waals surface area (Å²) < 4.78 is 4.85. The molecular formula is C13H15N3O4. The van der Waals surface area contributed by atoms with Gasteiger partial charge in [0.1, 0.15) is 0 Å². The number of H-pyrrole nitrogens is 1. The second kappa shape index (κ2) is 5.30. The monoisotopic (exact) mass is 277 g/mol. The number of methoxy groups -OCH3 is 1. The van der Waals surface area contributed by atoms with E-state index in [1.807, 2.05) is 6.07 Å². The quantitative estimate of drug-likeness (QED) is 0.749. The maximum absolute atomic E-state index is 12.2. The van der Waals surface area contributed by atoms with E-state index >= 15 is 0 Å². The fraction of sp³-hybridized carbons (Fsp3) is 0.308. The maximum atomic E-state index is 12.2. The second-order valence-electron chi connectivity index (χ2n) is 4.64. The van der Waals surface area contributed by atoms with E-state index in [1.54, 1.807) is 18.2 Å². The van der Waals surface area contributed by atoms with E-state index in [2.05, 4.69) is 15.5 Å². The molecule has 106 valence electrons. The smallest absolute Gasteiger partial charge is 0.331 e. The Morgan fingerprint density at radius 3 is 2.80 bits per heavy atom. The van der Waals surface area contributed by atoms with E-state index in [0.29, 0.717) is 10.9 Å². The van der Waals surface area contributed by atoms with Gasteiger partial charge in [-0.3, -0.25) is 9.89 Å². The van der Waals surface area contributed by atoms with Crippen LogP contribution < -0.4 is 5.32 Å². The number of aromatic amines is 1. The number of fused-ring (bicyclic) bond motifs is 1. The number of benzene rings is 1. The minimum absolute atomic E-state index is 0.142. The molecule has 7 nitrogen and oxygen atoms in total. The van der Waals surface area contributed by atoms with Crippen LogP contribution in [0.3, 0.4) is 0 Å². The van der Waals surface area contributed by atoms with Crippen molar-refractivity contribution in [3.63, 3.8) is 0 Å². The number of aromatic nitrogens is 2. The van der Waals surface area contributed by atoms with Crippen molar-refractivity contribution in [3.05, 3.63) is 30.0 Å². The molecule has 0 saturated heterocycles. The van der Waals surface area contributed by atoms with Crippen LogP contribution in [0.4, 0.5) is 0 Å². The zero-order chi connectivity index (χ0) is 14.8. The van der Waals surface area contributed by atoms with Gasteiger partial charge in [-0.05, 0) is 13.0 Å². The topological polar surface area (TPSA) is 104 Å². The number of nitrogens with zero attached hydrogens (tertiary/aromatic N) is 1. The van der Waals surface area contributed by atoms with E-state index in [4.69, 9.17) is 4.74 Å². The number of aliphatic carboxylic acids is 1. The number of rotatable bonds is 5. The van der Waals surface area contributed by atoms with Gasteiger partial charge in [0.25, 0.3) is 5.91 Å². The molecule has 0 saturated carbocycles. The molecule has 1 unspecified atom stereocenters. The Morgan fingerprint density at radius 1 is 1.45 bits per heavy atom. The summed E-state index contributed by atoms with van der Waals surface area (Å²) >= 11 is 0. The first kappa shape index (κ1) is 14.0. The molecule has 1 aromatic heterocycles. The number of carboxylic acids is 1. The van der Waals surface area contributed by atoms with Gasteiger partial charge in [0.15, 0.2) is 11.2 Å². The van der Waals surface area contributed by atoms with Gasteiger partial charge in [0, 0.05) is 12.5 Å². The zero-order valence-corrected chi connectivity index (χ0v) is 11.1. The van der Waals surface area contributed by atoms with E-state index < -0.39 is 17.4 Å². The third kappa shape index (κ3) is 2.48. The fourth-order valence-electron chi connectivity index (χ4n) is 1.89. The highest BCUT2D eigenvalue weighted by Gasteiger charge is 2.36. The molecule has 2 aromatic rings. The Bertz CT molecular complexity index is 652. The normalized spacial score (nSPS) is 13.9. The van der Waals surface area contributed by atoms with Crippen molar-refractivity contribution in [1.29, 1.82) is 0 Å². The molecular weight excluding hydrogens is 262 g/mol. The highest BCUT2D eigenvalue weighted by molar-refractivity contribution is 6.06. The number of para-hydroxylation sites is 1. The first-order valence-electron chi connectivity index (χ1n) is 5.96. The Morgan fingerprint density at radius 2 is 2.15 bits per heavy atom. The summed E-state index contributed by atoms with van der Waals surface area (Å²) in [5.41, 5.74) is -0.642.